The summed E-state index contributed by atoms with van der Waals surface area (Å²) >= 11 is 6.06. The topological polar surface area (TPSA) is 21.3 Å². The van der Waals surface area contributed by atoms with Crippen LogP contribution >= 0.6 is 11.6 Å². The number of hydrogen-bond donors (Lipinski definition) is 1. The number of ether oxygens (including phenoxy) is 1. The van der Waals surface area contributed by atoms with Gasteiger partial charge in [-0.25, -0.2) is 0 Å². The Balaban J connectivity index is 2.14. The van der Waals surface area contributed by atoms with E-state index in [4.69, 9.17) is 16.3 Å². The first-order chi connectivity index (χ1) is 6.77. The molecule has 1 aliphatic heterocycles. The van der Waals surface area contributed by atoms with Crippen molar-refractivity contribution in [3.63, 3.8) is 0 Å². The normalized spacial score (nSPS) is 21.1. The third kappa shape index (κ3) is 2.02. The Labute approximate surface area is 89.2 Å². The van der Waals surface area contributed by atoms with Crippen molar-refractivity contribution in [2.24, 2.45) is 0 Å². The molecule has 1 aliphatic rings. The molecule has 0 aromatic heterocycles. The summed E-state index contributed by atoms with van der Waals surface area (Å²) in [6.07, 6.45) is 1.33. The molecule has 14 heavy (non-hydrogen) atoms. The Bertz CT molecular complexity index is 301. The number of halogens is 1. The Kier molecular flexibility index (Phi) is 2.94. The maximum Gasteiger partial charge on any atom is 0.141 e. The highest BCUT2D eigenvalue weighted by atomic mass is 35.5. The first-order valence-electron chi connectivity index (χ1n) is 4.90. The number of aryl methyl sites for hydroxylation is 1. The zero-order chi connectivity index (χ0) is 9.97. The molecule has 0 aliphatic carbocycles. The second-order valence-corrected chi connectivity index (χ2v) is 4.03. The largest absolute Gasteiger partial charge is 0.487 e. The summed E-state index contributed by atoms with van der Waals surface area (Å²) in [5.74, 6) is 0.836. The van der Waals surface area contributed by atoms with Gasteiger partial charge in [0, 0.05) is 6.54 Å². The van der Waals surface area contributed by atoms with Crippen LogP contribution in [-0.4, -0.2) is 19.2 Å². The maximum atomic E-state index is 6.06. The fourth-order valence-electron chi connectivity index (χ4n) is 1.66. The monoisotopic (exact) mass is 211 g/mol. The third-order valence-corrected chi connectivity index (χ3v) is 2.76. The zero-order valence-electron chi connectivity index (χ0n) is 8.22. The average molecular weight is 212 g/mol. The minimum absolute atomic E-state index is 0.272. The molecule has 1 aromatic carbocycles. The highest BCUT2D eigenvalue weighted by Gasteiger charge is 2.17. The summed E-state index contributed by atoms with van der Waals surface area (Å²) in [5.41, 5.74) is 1.10. The molecule has 1 aromatic rings. The SMILES string of the molecule is Cc1cccc(Cl)c1OC1CCNC1. The molecule has 2 nitrogen and oxygen atoms in total. The van der Waals surface area contributed by atoms with Gasteiger partial charge < -0.3 is 10.1 Å². The van der Waals surface area contributed by atoms with Crippen LogP contribution in [0.15, 0.2) is 18.2 Å². The summed E-state index contributed by atoms with van der Waals surface area (Å²) in [6, 6.07) is 5.83. The minimum atomic E-state index is 0.272. The molecule has 2 rings (SSSR count). The number of nitrogens with one attached hydrogen (secondary N) is 1. The predicted molar refractivity (Wildman–Crippen MR) is 58.1 cm³/mol. The lowest BCUT2D eigenvalue weighted by Gasteiger charge is -2.15. The molecule has 1 atom stereocenters. The lowest BCUT2D eigenvalue weighted by molar-refractivity contribution is 0.222. The second kappa shape index (κ2) is 4.20. The van der Waals surface area contributed by atoms with Gasteiger partial charge in [0.2, 0.25) is 0 Å². The molecule has 1 fully saturated rings. The molecule has 0 spiro atoms. The van der Waals surface area contributed by atoms with Gasteiger partial charge in [-0.05, 0) is 31.5 Å². The van der Waals surface area contributed by atoms with Crippen LogP contribution in [0, 0.1) is 6.92 Å². The van der Waals surface area contributed by atoms with Crippen molar-refractivity contribution < 1.29 is 4.74 Å². The van der Waals surface area contributed by atoms with E-state index in [1.165, 1.54) is 0 Å². The number of rotatable bonds is 2. The fraction of sp³-hybridized carbons (Fsp3) is 0.455. The van der Waals surface area contributed by atoms with Crippen molar-refractivity contribution in [1.82, 2.24) is 5.32 Å². The number of hydrogen-bond acceptors (Lipinski definition) is 2. The molecule has 1 saturated heterocycles. The van der Waals surface area contributed by atoms with E-state index in [0.29, 0.717) is 5.02 Å². The Morgan fingerprint density at radius 3 is 3.00 bits per heavy atom. The summed E-state index contributed by atoms with van der Waals surface area (Å²) in [4.78, 5) is 0. The van der Waals surface area contributed by atoms with Gasteiger partial charge in [0.25, 0.3) is 0 Å². The lowest BCUT2D eigenvalue weighted by atomic mass is 10.2. The molecule has 1 unspecified atom stereocenters. The number of para-hydroxylation sites is 1. The highest BCUT2D eigenvalue weighted by molar-refractivity contribution is 6.32. The van der Waals surface area contributed by atoms with Crippen LogP contribution in [0.2, 0.25) is 5.02 Å². The summed E-state index contributed by atoms with van der Waals surface area (Å²) in [5, 5.41) is 3.97. The van der Waals surface area contributed by atoms with Gasteiger partial charge in [-0.1, -0.05) is 23.7 Å². The van der Waals surface area contributed by atoms with Crippen LogP contribution in [0.4, 0.5) is 0 Å². The van der Waals surface area contributed by atoms with Crippen LogP contribution in [0.5, 0.6) is 5.75 Å². The Hall–Kier alpha value is -0.730. The van der Waals surface area contributed by atoms with Crippen LogP contribution in [0.1, 0.15) is 12.0 Å². The molecule has 76 valence electrons. The molecule has 1 N–H and O–H groups in total. The van der Waals surface area contributed by atoms with Crippen molar-refractivity contribution in [3.05, 3.63) is 28.8 Å². The van der Waals surface area contributed by atoms with Gasteiger partial charge in [0.15, 0.2) is 0 Å². The van der Waals surface area contributed by atoms with Crippen molar-refractivity contribution in [1.29, 1.82) is 0 Å². The zero-order valence-corrected chi connectivity index (χ0v) is 8.97. The predicted octanol–water partition coefficient (Wildman–Crippen LogP) is 2.39. The smallest absolute Gasteiger partial charge is 0.141 e. The van der Waals surface area contributed by atoms with Crippen LogP contribution in [0.25, 0.3) is 0 Å². The summed E-state index contributed by atoms with van der Waals surface area (Å²) in [7, 11) is 0. The van der Waals surface area contributed by atoms with Crippen molar-refractivity contribution >= 4 is 11.6 Å². The van der Waals surface area contributed by atoms with E-state index < -0.39 is 0 Å². The lowest BCUT2D eigenvalue weighted by Crippen LogP contribution is -2.20. The van der Waals surface area contributed by atoms with Crippen molar-refractivity contribution in [2.45, 2.75) is 19.4 Å². The van der Waals surface area contributed by atoms with Gasteiger partial charge in [0.1, 0.15) is 11.9 Å². The molecule has 0 bridgehead atoms. The first kappa shape index (κ1) is 9.81. The molecule has 0 saturated carbocycles. The van der Waals surface area contributed by atoms with E-state index in [9.17, 15) is 0 Å². The maximum absolute atomic E-state index is 6.06. The molecular formula is C11H14ClNO. The Morgan fingerprint density at radius 2 is 2.36 bits per heavy atom. The van der Waals surface area contributed by atoms with Gasteiger partial charge in [-0.3, -0.25) is 0 Å². The van der Waals surface area contributed by atoms with Gasteiger partial charge in [-0.2, -0.15) is 0 Å². The van der Waals surface area contributed by atoms with Gasteiger partial charge >= 0.3 is 0 Å². The fourth-order valence-corrected chi connectivity index (χ4v) is 1.93. The average Bonchev–Trinajstić information content (AvgIpc) is 2.64. The van der Waals surface area contributed by atoms with Crippen LogP contribution < -0.4 is 10.1 Å². The number of benzene rings is 1. The van der Waals surface area contributed by atoms with E-state index in [2.05, 4.69) is 5.32 Å². The van der Waals surface area contributed by atoms with E-state index in [1.54, 1.807) is 0 Å². The standard InChI is InChI=1S/C11H14ClNO/c1-8-3-2-4-10(12)11(8)14-9-5-6-13-7-9/h2-4,9,13H,5-7H2,1H3. The molecular weight excluding hydrogens is 198 g/mol. The van der Waals surface area contributed by atoms with Gasteiger partial charge in [0.05, 0.1) is 5.02 Å². The molecule has 3 heteroatoms. The third-order valence-electron chi connectivity index (χ3n) is 2.46. The van der Waals surface area contributed by atoms with Gasteiger partial charge in [-0.15, -0.1) is 0 Å². The molecule has 1 heterocycles. The van der Waals surface area contributed by atoms with E-state index >= 15 is 0 Å². The summed E-state index contributed by atoms with van der Waals surface area (Å²) < 4.78 is 5.84. The Morgan fingerprint density at radius 1 is 1.50 bits per heavy atom. The van der Waals surface area contributed by atoms with E-state index in [1.807, 2.05) is 25.1 Å². The summed E-state index contributed by atoms with van der Waals surface area (Å²) in [6.45, 7) is 3.97. The highest BCUT2D eigenvalue weighted by Crippen LogP contribution is 2.29. The second-order valence-electron chi connectivity index (χ2n) is 3.62. The van der Waals surface area contributed by atoms with Crippen LogP contribution in [-0.2, 0) is 0 Å². The first-order valence-corrected chi connectivity index (χ1v) is 5.27. The van der Waals surface area contributed by atoms with Crippen LogP contribution in [0.3, 0.4) is 0 Å². The van der Waals surface area contributed by atoms with Crippen molar-refractivity contribution in [2.75, 3.05) is 13.1 Å². The van der Waals surface area contributed by atoms with Crippen molar-refractivity contribution in [3.8, 4) is 5.75 Å². The molecule has 0 radical (unpaired) electrons. The molecule has 0 amide bonds. The minimum Gasteiger partial charge on any atom is -0.487 e. The van der Waals surface area contributed by atoms with E-state index in [0.717, 1.165) is 30.8 Å². The quantitative estimate of drug-likeness (QED) is 0.811. The van der Waals surface area contributed by atoms with E-state index in [-0.39, 0.29) is 6.10 Å².